The van der Waals surface area contributed by atoms with Crippen LogP contribution in [0, 0.1) is 0 Å². The quantitative estimate of drug-likeness (QED) is 0.460. The van der Waals surface area contributed by atoms with Gasteiger partial charge in [-0.1, -0.05) is 0 Å². The van der Waals surface area contributed by atoms with Crippen molar-refractivity contribution < 1.29 is 4.79 Å². The number of nitrogens with zero attached hydrogens (tertiary/aromatic N) is 2. The second kappa shape index (κ2) is 5.05. The first-order valence-electron chi connectivity index (χ1n) is 4.26. The molecular weight excluding hydrogens is 202 g/mol. The van der Waals surface area contributed by atoms with Gasteiger partial charge in [-0.15, -0.1) is 0 Å². The summed E-state index contributed by atoms with van der Waals surface area (Å²) < 4.78 is 1.11. The lowest BCUT2D eigenvalue weighted by Gasteiger charge is -2.04. The van der Waals surface area contributed by atoms with Gasteiger partial charge in [0.15, 0.2) is 0 Å². The average Bonchev–Trinajstić information content (AvgIpc) is 2.24. The van der Waals surface area contributed by atoms with Crippen LogP contribution in [0.1, 0.15) is 0 Å². The van der Waals surface area contributed by atoms with Gasteiger partial charge in [0.05, 0.1) is 6.54 Å². The Labute approximate surface area is 84.1 Å². The zero-order valence-corrected chi connectivity index (χ0v) is 7.90. The molecule has 1 aromatic heterocycles. The minimum Gasteiger partial charge on any atom is -0.353 e. The van der Waals surface area contributed by atoms with E-state index in [0.29, 0.717) is 0 Å². The van der Waals surface area contributed by atoms with E-state index in [1.54, 1.807) is 0 Å². The van der Waals surface area contributed by atoms with Gasteiger partial charge in [0.25, 0.3) is 0 Å². The van der Waals surface area contributed by atoms with E-state index < -0.39 is 11.1 Å². The van der Waals surface area contributed by atoms with Crippen molar-refractivity contribution >= 4 is 5.91 Å². The van der Waals surface area contributed by atoms with Crippen LogP contribution in [0.3, 0.4) is 0 Å². The number of aromatic amines is 1. The van der Waals surface area contributed by atoms with Gasteiger partial charge in [0.2, 0.25) is 5.91 Å². The van der Waals surface area contributed by atoms with Crippen LogP contribution in [0.25, 0.3) is 0 Å². The molecule has 0 atom stereocenters. The Hall–Kier alpha value is -1.96. The predicted molar refractivity (Wildman–Crippen MR) is 51.2 cm³/mol. The van der Waals surface area contributed by atoms with Gasteiger partial charge in [-0.3, -0.25) is 19.0 Å². The van der Waals surface area contributed by atoms with Crippen molar-refractivity contribution in [1.82, 2.24) is 20.1 Å². The van der Waals surface area contributed by atoms with E-state index in [1.165, 1.54) is 6.33 Å². The molecule has 0 aliphatic carbocycles. The van der Waals surface area contributed by atoms with E-state index in [4.69, 9.17) is 5.73 Å². The van der Waals surface area contributed by atoms with Crippen molar-refractivity contribution in [2.24, 2.45) is 5.73 Å². The Morgan fingerprint density at radius 1 is 1.60 bits per heavy atom. The maximum Gasteiger partial charge on any atom is 0.330 e. The normalized spacial score (nSPS) is 9.93. The second-order valence-corrected chi connectivity index (χ2v) is 2.74. The number of hydrogen-bond acceptors (Lipinski definition) is 5. The molecule has 1 amide bonds. The molecule has 8 heteroatoms. The molecule has 4 N–H and O–H groups in total. The number of carbonyl (C=O) groups excluding carboxylic acids is 1. The lowest BCUT2D eigenvalue weighted by atomic mass is 10.5. The molecule has 0 aliphatic rings. The largest absolute Gasteiger partial charge is 0.353 e. The van der Waals surface area contributed by atoms with Gasteiger partial charge in [0.1, 0.15) is 6.33 Å². The standard InChI is InChI=1S/C7H11N5O3/c8-3-5(13)9-1-2-12-4-10-11-6(14)7(12)15/h4H,1-3,8H2,(H,9,13)(H,11,14). The molecule has 0 aromatic carbocycles. The molecule has 15 heavy (non-hydrogen) atoms. The molecule has 0 aliphatic heterocycles. The first kappa shape index (κ1) is 11.1. The molecule has 0 unspecified atom stereocenters. The summed E-state index contributed by atoms with van der Waals surface area (Å²) in [4.78, 5) is 32.7. The summed E-state index contributed by atoms with van der Waals surface area (Å²) >= 11 is 0. The fourth-order valence-corrected chi connectivity index (χ4v) is 0.935. The Morgan fingerprint density at radius 3 is 3.00 bits per heavy atom. The van der Waals surface area contributed by atoms with Crippen molar-refractivity contribution in [1.29, 1.82) is 0 Å². The Kier molecular flexibility index (Phi) is 3.75. The monoisotopic (exact) mass is 213 g/mol. The molecule has 1 aromatic rings. The van der Waals surface area contributed by atoms with E-state index in [1.807, 2.05) is 5.10 Å². The molecule has 82 valence electrons. The molecule has 0 radical (unpaired) electrons. The summed E-state index contributed by atoms with van der Waals surface area (Å²) in [5.41, 5.74) is 3.57. The maximum absolute atomic E-state index is 11.2. The number of aromatic nitrogens is 3. The van der Waals surface area contributed by atoms with Crippen molar-refractivity contribution in [2.45, 2.75) is 6.54 Å². The van der Waals surface area contributed by atoms with E-state index in [0.717, 1.165) is 4.57 Å². The van der Waals surface area contributed by atoms with Gasteiger partial charge in [0, 0.05) is 13.1 Å². The number of amides is 1. The summed E-state index contributed by atoms with van der Waals surface area (Å²) in [5.74, 6) is -0.319. The summed E-state index contributed by atoms with van der Waals surface area (Å²) in [6.07, 6.45) is 1.19. The number of nitrogens with one attached hydrogen (secondary N) is 2. The Bertz CT molecular complexity index is 448. The van der Waals surface area contributed by atoms with Gasteiger partial charge in [-0.25, -0.2) is 5.10 Å². The molecule has 0 spiro atoms. The van der Waals surface area contributed by atoms with E-state index in [-0.39, 0.29) is 25.5 Å². The molecule has 8 nitrogen and oxygen atoms in total. The van der Waals surface area contributed by atoms with Crippen molar-refractivity contribution in [3.63, 3.8) is 0 Å². The molecule has 1 heterocycles. The Morgan fingerprint density at radius 2 is 2.33 bits per heavy atom. The first-order valence-corrected chi connectivity index (χ1v) is 4.26. The number of H-pyrrole nitrogens is 1. The maximum atomic E-state index is 11.2. The molecule has 1 rings (SSSR count). The topological polar surface area (TPSA) is 123 Å². The third-order valence-corrected chi connectivity index (χ3v) is 1.68. The molecule has 0 saturated carbocycles. The molecule has 0 saturated heterocycles. The van der Waals surface area contributed by atoms with Crippen LogP contribution >= 0.6 is 0 Å². The summed E-state index contributed by atoms with van der Waals surface area (Å²) in [6.45, 7) is 0.297. The fraction of sp³-hybridized carbons (Fsp3) is 0.429. The van der Waals surface area contributed by atoms with E-state index in [2.05, 4.69) is 10.4 Å². The number of nitrogens with two attached hydrogens (primary N) is 1. The summed E-state index contributed by atoms with van der Waals surface area (Å²) in [6, 6.07) is 0. The van der Waals surface area contributed by atoms with Crippen molar-refractivity contribution in [3.05, 3.63) is 27.0 Å². The average molecular weight is 213 g/mol. The van der Waals surface area contributed by atoms with Crippen LogP contribution in [0.15, 0.2) is 15.9 Å². The lowest BCUT2D eigenvalue weighted by molar-refractivity contribution is -0.119. The number of carbonyl (C=O) groups is 1. The van der Waals surface area contributed by atoms with Crippen molar-refractivity contribution in [3.8, 4) is 0 Å². The minimum absolute atomic E-state index is 0.109. The minimum atomic E-state index is -0.789. The third kappa shape index (κ3) is 3.02. The highest BCUT2D eigenvalue weighted by molar-refractivity contribution is 5.77. The first-order chi connectivity index (χ1) is 7.15. The third-order valence-electron chi connectivity index (χ3n) is 1.68. The van der Waals surface area contributed by atoms with Crippen LogP contribution < -0.4 is 22.2 Å². The van der Waals surface area contributed by atoms with E-state index in [9.17, 15) is 14.4 Å². The predicted octanol–water partition coefficient (Wildman–Crippen LogP) is -2.99. The van der Waals surface area contributed by atoms with Crippen LogP contribution in [-0.2, 0) is 11.3 Å². The fourth-order valence-electron chi connectivity index (χ4n) is 0.935. The summed E-state index contributed by atoms with van der Waals surface area (Å²) in [7, 11) is 0. The van der Waals surface area contributed by atoms with Crippen molar-refractivity contribution in [2.75, 3.05) is 13.1 Å². The Balaban J connectivity index is 2.59. The van der Waals surface area contributed by atoms with Gasteiger partial charge in [-0.2, -0.15) is 5.10 Å². The van der Waals surface area contributed by atoms with Gasteiger partial charge >= 0.3 is 11.1 Å². The zero-order valence-electron chi connectivity index (χ0n) is 7.90. The molecule has 0 bridgehead atoms. The smallest absolute Gasteiger partial charge is 0.330 e. The van der Waals surface area contributed by atoms with Crippen LogP contribution in [-0.4, -0.2) is 33.8 Å². The number of rotatable bonds is 4. The molecular formula is C7H11N5O3. The highest BCUT2D eigenvalue weighted by Gasteiger charge is 2.00. The highest BCUT2D eigenvalue weighted by Crippen LogP contribution is 1.72. The van der Waals surface area contributed by atoms with Crippen LogP contribution in [0.5, 0.6) is 0 Å². The number of hydrogen-bond donors (Lipinski definition) is 3. The summed E-state index contributed by atoms with van der Waals surface area (Å²) in [5, 5.41) is 7.92. The van der Waals surface area contributed by atoms with Crippen LogP contribution in [0.4, 0.5) is 0 Å². The van der Waals surface area contributed by atoms with Crippen LogP contribution in [0.2, 0.25) is 0 Å². The lowest BCUT2D eigenvalue weighted by Crippen LogP contribution is -2.40. The van der Waals surface area contributed by atoms with E-state index >= 15 is 0 Å². The zero-order chi connectivity index (χ0) is 11.3. The second-order valence-electron chi connectivity index (χ2n) is 2.74. The SMILES string of the molecule is NCC(=O)NCCn1cn[nH]c(=O)c1=O. The van der Waals surface area contributed by atoms with Gasteiger partial charge < -0.3 is 11.1 Å². The highest BCUT2D eigenvalue weighted by atomic mass is 16.2. The molecule has 0 fully saturated rings. The van der Waals surface area contributed by atoms with Gasteiger partial charge in [-0.05, 0) is 0 Å².